The van der Waals surface area contributed by atoms with Gasteiger partial charge < -0.3 is 15.4 Å². The highest BCUT2D eigenvalue weighted by atomic mass is 35.5. The summed E-state index contributed by atoms with van der Waals surface area (Å²) in [5.41, 5.74) is 4.05. The zero-order valence-electron chi connectivity index (χ0n) is 13.0. The molecule has 0 radical (unpaired) electrons. The first-order chi connectivity index (χ1) is 10.8. The molecular formula is C18H21ClN2O2. The van der Waals surface area contributed by atoms with E-state index in [1.807, 2.05) is 49.5 Å². The minimum absolute atomic E-state index is 0. The number of carbonyl (C=O) groups is 1. The van der Waals surface area contributed by atoms with Gasteiger partial charge in [0.15, 0.2) is 6.10 Å². The Morgan fingerprint density at radius 1 is 1.17 bits per heavy atom. The van der Waals surface area contributed by atoms with Gasteiger partial charge in [0.1, 0.15) is 0 Å². The summed E-state index contributed by atoms with van der Waals surface area (Å²) in [6, 6.07) is 15.8. The molecule has 0 saturated heterocycles. The number of benzene rings is 2. The molecule has 0 bridgehead atoms. The molecule has 2 aromatic carbocycles. The van der Waals surface area contributed by atoms with Crippen molar-refractivity contribution in [2.75, 3.05) is 19.0 Å². The van der Waals surface area contributed by atoms with Crippen LogP contribution in [0.25, 0.3) is 0 Å². The fraction of sp³-hybridized carbons (Fsp3) is 0.278. The highest BCUT2D eigenvalue weighted by molar-refractivity contribution is 5.95. The van der Waals surface area contributed by atoms with Crippen molar-refractivity contribution in [3.8, 4) is 0 Å². The Hall–Kier alpha value is -1.88. The van der Waals surface area contributed by atoms with Crippen LogP contribution in [0, 0.1) is 0 Å². The molecular weight excluding hydrogens is 312 g/mol. The second kappa shape index (κ2) is 8.11. The van der Waals surface area contributed by atoms with Gasteiger partial charge in [-0.3, -0.25) is 4.79 Å². The Balaban J connectivity index is 0.00000192. The number of hydrogen-bond donors (Lipinski definition) is 2. The molecule has 1 aliphatic rings. The number of hydrogen-bond acceptors (Lipinski definition) is 3. The zero-order valence-corrected chi connectivity index (χ0v) is 13.9. The Kier molecular flexibility index (Phi) is 6.16. The summed E-state index contributed by atoms with van der Waals surface area (Å²) in [5, 5.41) is 6.11. The highest BCUT2D eigenvalue weighted by Crippen LogP contribution is 2.28. The van der Waals surface area contributed by atoms with E-state index in [0.29, 0.717) is 13.2 Å². The summed E-state index contributed by atoms with van der Waals surface area (Å²) < 4.78 is 5.71. The fourth-order valence-corrected chi connectivity index (χ4v) is 2.80. The van der Waals surface area contributed by atoms with Crippen LogP contribution < -0.4 is 10.6 Å². The van der Waals surface area contributed by atoms with Crippen LogP contribution in [0.1, 0.15) is 22.8 Å². The summed E-state index contributed by atoms with van der Waals surface area (Å²) in [6.07, 6.45) is 0.323. The van der Waals surface area contributed by atoms with Gasteiger partial charge in [0.2, 0.25) is 0 Å². The Bertz CT molecular complexity index is 676. The van der Waals surface area contributed by atoms with Crippen molar-refractivity contribution in [3.63, 3.8) is 0 Å². The Morgan fingerprint density at radius 2 is 1.91 bits per heavy atom. The van der Waals surface area contributed by atoms with Gasteiger partial charge in [-0.15, -0.1) is 12.4 Å². The van der Waals surface area contributed by atoms with E-state index in [2.05, 4.69) is 16.7 Å². The Labute approximate surface area is 142 Å². The van der Waals surface area contributed by atoms with Crippen molar-refractivity contribution in [1.82, 2.24) is 5.32 Å². The molecule has 1 atom stereocenters. The molecule has 0 saturated carbocycles. The molecule has 1 aliphatic heterocycles. The van der Waals surface area contributed by atoms with E-state index in [1.54, 1.807) is 0 Å². The van der Waals surface area contributed by atoms with Gasteiger partial charge >= 0.3 is 0 Å². The van der Waals surface area contributed by atoms with E-state index >= 15 is 0 Å². The standard InChI is InChI=1S/C18H20N2O2.ClH/c1-19-12-14-7-3-5-9-16(14)20-18(21)17-15-8-4-2-6-13(15)10-11-22-17;/h2-9,17,19H,10-12H2,1H3,(H,20,21);1H. The molecule has 0 spiro atoms. The molecule has 2 aromatic rings. The second-order valence-electron chi connectivity index (χ2n) is 5.38. The second-order valence-corrected chi connectivity index (χ2v) is 5.38. The molecule has 1 amide bonds. The number of fused-ring (bicyclic) bond motifs is 1. The van der Waals surface area contributed by atoms with Crippen LogP contribution in [0.15, 0.2) is 48.5 Å². The fourth-order valence-electron chi connectivity index (χ4n) is 2.80. The first kappa shape index (κ1) is 17.5. The smallest absolute Gasteiger partial charge is 0.258 e. The third kappa shape index (κ3) is 3.91. The van der Waals surface area contributed by atoms with E-state index in [4.69, 9.17) is 4.74 Å². The summed E-state index contributed by atoms with van der Waals surface area (Å²) >= 11 is 0. The zero-order chi connectivity index (χ0) is 15.4. The van der Waals surface area contributed by atoms with Crippen molar-refractivity contribution in [2.45, 2.75) is 19.1 Å². The lowest BCUT2D eigenvalue weighted by atomic mass is 9.97. The van der Waals surface area contributed by atoms with Crippen LogP contribution >= 0.6 is 12.4 Å². The molecule has 5 heteroatoms. The first-order valence-electron chi connectivity index (χ1n) is 7.52. The van der Waals surface area contributed by atoms with Gasteiger partial charge in [0.05, 0.1) is 6.61 Å². The summed E-state index contributed by atoms with van der Waals surface area (Å²) in [5.74, 6) is -0.115. The van der Waals surface area contributed by atoms with Crippen LogP contribution in [0.4, 0.5) is 5.69 Å². The summed E-state index contributed by atoms with van der Waals surface area (Å²) in [6.45, 7) is 1.28. The van der Waals surface area contributed by atoms with Crippen molar-refractivity contribution in [3.05, 3.63) is 65.2 Å². The molecule has 122 valence electrons. The average molecular weight is 333 g/mol. The lowest BCUT2D eigenvalue weighted by molar-refractivity contribution is -0.128. The monoisotopic (exact) mass is 332 g/mol. The average Bonchev–Trinajstić information content (AvgIpc) is 2.56. The third-order valence-electron chi connectivity index (χ3n) is 3.87. The maximum Gasteiger partial charge on any atom is 0.258 e. The van der Waals surface area contributed by atoms with Crippen molar-refractivity contribution in [1.29, 1.82) is 0 Å². The minimum Gasteiger partial charge on any atom is -0.363 e. The largest absolute Gasteiger partial charge is 0.363 e. The normalized spacial score (nSPS) is 16.1. The number of para-hydroxylation sites is 1. The van der Waals surface area contributed by atoms with Crippen molar-refractivity contribution < 1.29 is 9.53 Å². The SMILES string of the molecule is CNCc1ccccc1NC(=O)C1OCCc2ccccc21.Cl. The maximum absolute atomic E-state index is 12.6. The van der Waals surface area contributed by atoms with E-state index in [1.165, 1.54) is 5.56 Å². The number of carbonyl (C=O) groups excluding carboxylic acids is 1. The molecule has 3 rings (SSSR count). The van der Waals surface area contributed by atoms with Crippen LogP contribution in [0.5, 0.6) is 0 Å². The van der Waals surface area contributed by atoms with Gasteiger partial charge in [-0.05, 0) is 36.2 Å². The van der Waals surface area contributed by atoms with Crippen LogP contribution in [0.2, 0.25) is 0 Å². The third-order valence-corrected chi connectivity index (χ3v) is 3.87. The summed E-state index contributed by atoms with van der Waals surface area (Å²) in [7, 11) is 1.89. The number of halogens is 1. The quantitative estimate of drug-likeness (QED) is 0.904. The van der Waals surface area contributed by atoms with Gasteiger partial charge in [-0.2, -0.15) is 0 Å². The van der Waals surface area contributed by atoms with Crippen LogP contribution in [-0.4, -0.2) is 19.6 Å². The van der Waals surface area contributed by atoms with Gasteiger partial charge in [0, 0.05) is 12.2 Å². The molecule has 23 heavy (non-hydrogen) atoms. The van der Waals surface area contributed by atoms with Gasteiger partial charge in [-0.25, -0.2) is 0 Å². The van der Waals surface area contributed by atoms with Crippen LogP contribution in [-0.2, 0) is 22.5 Å². The number of ether oxygens (including phenoxy) is 1. The highest BCUT2D eigenvalue weighted by Gasteiger charge is 2.27. The lowest BCUT2D eigenvalue weighted by Gasteiger charge is -2.25. The summed E-state index contributed by atoms with van der Waals surface area (Å²) in [4.78, 5) is 12.6. The molecule has 4 nitrogen and oxygen atoms in total. The maximum atomic E-state index is 12.6. The number of anilines is 1. The number of amides is 1. The minimum atomic E-state index is -0.535. The van der Waals surface area contributed by atoms with Crippen molar-refractivity contribution in [2.24, 2.45) is 0 Å². The van der Waals surface area contributed by atoms with Crippen molar-refractivity contribution >= 4 is 24.0 Å². The number of nitrogens with one attached hydrogen (secondary N) is 2. The topological polar surface area (TPSA) is 50.4 Å². The number of rotatable bonds is 4. The van der Waals surface area contributed by atoms with Crippen LogP contribution in [0.3, 0.4) is 0 Å². The first-order valence-corrected chi connectivity index (χ1v) is 7.52. The predicted octanol–water partition coefficient (Wildman–Crippen LogP) is 3.08. The van der Waals surface area contributed by atoms with E-state index in [0.717, 1.165) is 23.2 Å². The lowest BCUT2D eigenvalue weighted by Crippen LogP contribution is -2.28. The molecule has 1 heterocycles. The molecule has 0 aliphatic carbocycles. The molecule has 2 N–H and O–H groups in total. The predicted molar refractivity (Wildman–Crippen MR) is 93.9 cm³/mol. The van der Waals surface area contributed by atoms with E-state index < -0.39 is 6.10 Å². The van der Waals surface area contributed by atoms with Gasteiger partial charge in [-0.1, -0.05) is 42.5 Å². The van der Waals surface area contributed by atoms with Gasteiger partial charge in [0.25, 0.3) is 5.91 Å². The van der Waals surface area contributed by atoms with E-state index in [9.17, 15) is 4.79 Å². The molecule has 1 unspecified atom stereocenters. The molecule has 0 fully saturated rings. The Morgan fingerprint density at radius 3 is 2.74 bits per heavy atom. The van der Waals surface area contributed by atoms with E-state index in [-0.39, 0.29) is 18.3 Å². The molecule has 0 aromatic heterocycles.